The smallest absolute Gasteiger partial charge is 0.304 e. The first-order chi connectivity index (χ1) is 13.5. The summed E-state index contributed by atoms with van der Waals surface area (Å²) in [5.74, 6) is -1.15. The van der Waals surface area contributed by atoms with Gasteiger partial charge in [-0.2, -0.15) is 0 Å². The molecule has 0 aromatic heterocycles. The van der Waals surface area contributed by atoms with E-state index in [1.807, 2.05) is 6.08 Å². The molecule has 0 rings (SSSR count). The van der Waals surface area contributed by atoms with Gasteiger partial charge in [0.15, 0.2) is 0 Å². The van der Waals surface area contributed by atoms with Crippen LogP contribution in [0.4, 0.5) is 0 Å². The molecule has 4 heteroatoms. The Hall–Kier alpha value is -1.32. The van der Waals surface area contributed by atoms with E-state index in [4.69, 9.17) is 5.11 Å². The van der Waals surface area contributed by atoms with Crippen LogP contribution >= 0.6 is 0 Å². The van der Waals surface area contributed by atoms with Gasteiger partial charge in [-0.05, 0) is 25.2 Å². The number of carbonyl (C=O) groups is 2. The van der Waals surface area contributed by atoms with Gasteiger partial charge in [-0.15, -0.1) is 0 Å². The number of aliphatic carboxylic acids is 1. The van der Waals surface area contributed by atoms with Crippen LogP contribution in [0.3, 0.4) is 0 Å². The van der Waals surface area contributed by atoms with E-state index in [0.717, 1.165) is 32.1 Å². The number of hydrogen-bond acceptors (Lipinski definition) is 2. The third kappa shape index (κ3) is 15.7. The van der Waals surface area contributed by atoms with Crippen molar-refractivity contribution in [2.24, 2.45) is 11.8 Å². The highest BCUT2D eigenvalue weighted by atomic mass is 16.4. The molecule has 164 valence electrons. The van der Waals surface area contributed by atoms with Crippen LogP contribution in [0.2, 0.25) is 0 Å². The molecule has 2 N–H and O–H groups in total. The van der Waals surface area contributed by atoms with Gasteiger partial charge in [0.2, 0.25) is 5.91 Å². The van der Waals surface area contributed by atoms with Gasteiger partial charge in [0.05, 0.1) is 12.3 Å². The van der Waals surface area contributed by atoms with Gasteiger partial charge in [-0.25, -0.2) is 0 Å². The quantitative estimate of drug-likeness (QED) is 0.194. The molecular weight excluding hydrogens is 350 g/mol. The van der Waals surface area contributed by atoms with Crippen molar-refractivity contribution in [1.29, 1.82) is 0 Å². The van der Waals surface area contributed by atoms with Crippen LogP contribution in [-0.4, -0.2) is 23.5 Å². The molecule has 0 saturated carbocycles. The lowest BCUT2D eigenvalue weighted by molar-refractivity contribution is -0.140. The Morgan fingerprint density at radius 1 is 0.893 bits per heavy atom. The minimum Gasteiger partial charge on any atom is -0.481 e. The number of carboxylic acid groups (broad SMARTS) is 1. The van der Waals surface area contributed by atoms with Crippen molar-refractivity contribution in [1.82, 2.24) is 5.32 Å². The maximum absolute atomic E-state index is 12.4. The molecule has 0 aromatic carbocycles. The molecule has 0 fully saturated rings. The van der Waals surface area contributed by atoms with Crippen molar-refractivity contribution < 1.29 is 14.7 Å². The largest absolute Gasteiger partial charge is 0.481 e. The topological polar surface area (TPSA) is 66.4 Å². The molecule has 0 heterocycles. The molecule has 0 aromatic rings. The summed E-state index contributed by atoms with van der Waals surface area (Å²) in [5, 5.41) is 12.1. The third-order valence-electron chi connectivity index (χ3n) is 5.43. The maximum Gasteiger partial charge on any atom is 0.304 e. The summed E-state index contributed by atoms with van der Waals surface area (Å²) >= 11 is 0. The van der Waals surface area contributed by atoms with Crippen LogP contribution in [0.25, 0.3) is 0 Å². The van der Waals surface area contributed by atoms with Gasteiger partial charge in [0.25, 0.3) is 0 Å². The molecule has 4 nitrogen and oxygen atoms in total. The number of amides is 1. The highest BCUT2D eigenvalue weighted by Crippen LogP contribution is 2.14. The van der Waals surface area contributed by atoms with Crippen LogP contribution in [0, 0.1) is 11.8 Å². The number of carboxylic acids is 1. The molecule has 0 spiro atoms. The molecule has 0 aliphatic carbocycles. The Morgan fingerprint density at radius 3 is 2.07 bits per heavy atom. The number of unbranched alkanes of at least 4 members (excludes halogenated alkanes) is 9. The lowest BCUT2D eigenvalue weighted by Gasteiger charge is -2.17. The van der Waals surface area contributed by atoms with Crippen molar-refractivity contribution in [2.45, 2.75) is 111 Å². The molecule has 2 atom stereocenters. The Balaban J connectivity index is 4.18. The lowest BCUT2D eigenvalue weighted by atomic mass is 9.98. The number of hydrogen-bond donors (Lipinski definition) is 2. The molecule has 2 unspecified atom stereocenters. The summed E-state index contributed by atoms with van der Waals surface area (Å²) in [5.41, 5.74) is 0. The first-order valence-electron chi connectivity index (χ1n) is 11.7. The number of nitrogens with one attached hydrogen (secondary N) is 1. The summed E-state index contributed by atoms with van der Waals surface area (Å²) < 4.78 is 0. The predicted molar refractivity (Wildman–Crippen MR) is 118 cm³/mol. The van der Waals surface area contributed by atoms with Gasteiger partial charge >= 0.3 is 5.97 Å². The van der Waals surface area contributed by atoms with Gasteiger partial charge < -0.3 is 10.4 Å². The van der Waals surface area contributed by atoms with Crippen molar-refractivity contribution in [3.8, 4) is 0 Å². The minimum atomic E-state index is -0.921. The van der Waals surface area contributed by atoms with E-state index in [-0.39, 0.29) is 12.3 Å². The summed E-state index contributed by atoms with van der Waals surface area (Å²) in [6, 6.07) is 0. The molecule has 1 amide bonds. The van der Waals surface area contributed by atoms with Gasteiger partial charge in [0.1, 0.15) is 0 Å². The molecule has 28 heavy (non-hydrogen) atoms. The first kappa shape index (κ1) is 26.7. The van der Waals surface area contributed by atoms with Crippen LogP contribution in [0.1, 0.15) is 111 Å². The zero-order valence-electron chi connectivity index (χ0n) is 18.7. The molecule has 0 bridgehead atoms. The van der Waals surface area contributed by atoms with Crippen molar-refractivity contribution >= 4 is 11.9 Å². The van der Waals surface area contributed by atoms with E-state index < -0.39 is 11.9 Å². The molecule has 0 aliphatic heterocycles. The fraction of sp³-hybridized carbons (Fsp3) is 0.833. The van der Waals surface area contributed by atoms with Crippen LogP contribution in [-0.2, 0) is 9.59 Å². The highest BCUT2D eigenvalue weighted by molar-refractivity contribution is 5.84. The summed E-state index contributed by atoms with van der Waals surface area (Å²) in [6.07, 6.45) is 19.3. The summed E-state index contributed by atoms with van der Waals surface area (Å²) in [4.78, 5) is 23.6. The molecule has 0 aliphatic rings. The molecular formula is C24H45NO3. The van der Waals surface area contributed by atoms with E-state index in [1.165, 1.54) is 51.4 Å². The van der Waals surface area contributed by atoms with Crippen LogP contribution < -0.4 is 5.32 Å². The highest BCUT2D eigenvalue weighted by Gasteiger charge is 2.19. The summed E-state index contributed by atoms with van der Waals surface area (Å²) in [7, 11) is 0. The number of allylic oxidation sites excluding steroid dienone is 1. The Morgan fingerprint density at radius 2 is 1.50 bits per heavy atom. The number of carbonyl (C=O) groups excluding carboxylic acids is 1. The van der Waals surface area contributed by atoms with Crippen molar-refractivity contribution in [3.05, 3.63) is 12.2 Å². The van der Waals surface area contributed by atoms with E-state index in [9.17, 15) is 9.59 Å². The minimum absolute atomic E-state index is 0.133. The second-order valence-corrected chi connectivity index (χ2v) is 8.06. The Labute approximate surface area is 173 Å². The van der Waals surface area contributed by atoms with E-state index in [1.54, 1.807) is 6.08 Å². The fourth-order valence-corrected chi connectivity index (χ4v) is 3.41. The number of rotatable bonds is 19. The zero-order chi connectivity index (χ0) is 21.0. The monoisotopic (exact) mass is 395 g/mol. The predicted octanol–water partition coefficient (Wildman–Crippen LogP) is 6.50. The second-order valence-electron chi connectivity index (χ2n) is 8.06. The lowest BCUT2D eigenvalue weighted by Crippen LogP contribution is -2.34. The van der Waals surface area contributed by atoms with Crippen LogP contribution in [0.5, 0.6) is 0 Å². The Kier molecular flexibility index (Phi) is 18.1. The first-order valence-corrected chi connectivity index (χ1v) is 11.7. The van der Waals surface area contributed by atoms with E-state index in [0.29, 0.717) is 12.5 Å². The standard InChI is InChI=1S/C24H45NO3/c1-4-7-9-10-11-12-13-14-15-16-18-22(19-23(26)27)24(28)25-20-21(6-3)17-8-5-2/h16,18,21-22H,4-15,17,19-20H2,1-3H3,(H,25,28)(H,26,27). The van der Waals surface area contributed by atoms with Gasteiger partial charge in [-0.3, -0.25) is 9.59 Å². The van der Waals surface area contributed by atoms with Gasteiger partial charge in [0, 0.05) is 6.54 Å². The third-order valence-corrected chi connectivity index (χ3v) is 5.43. The molecule has 0 saturated heterocycles. The summed E-state index contributed by atoms with van der Waals surface area (Å²) in [6.45, 7) is 7.20. The van der Waals surface area contributed by atoms with Crippen molar-refractivity contribution in [3.63, 3.8) is 0 Å². The molecule has 0 radical (unpaired) electrons. The van der Waals surface area contributed by atoms with Crippen molar-refractivity contribution in [2.75, 3.05) is 6.54 Å². The maximum atomic E-state index is 12.4. The fourth-order valence-electron chi connectivity index (χ4n) is 3.41. The zero-order valence-corrected chi connectivity index (χ0v) is 18.7. The average Bonchev–Trinajstić information content (AvgIpc) is 2.68. The SMILES string of the molecule is CCCCCCCCCCC=CC(CC(=O)O)C(=O)NCC(CC)CCCC. The van der Waals surface area contributed by atoms with Gasteiger partial charge in [-0.1, -0.05) is 97.1 Å². The normalized spacial score (nSPS) is 13.5. The average molecular weight is 396 g/mol. The van der Waals surface area contributed by atoms with E-state index in [2.05, 4.69) is 26.1 Å². The van der Waals surface area contributed by atoms with Crippen LogP contribution in [0.15, 0.2) is 12.2 Å². The Bertz CT molecular complexity index is 420. The van der Waals surface area contributed by atoms with E-state index >= 15 is 0 Å². The second kappa shape index (κ2) is 19.0.